The molecule has 0 fully saturated rings. The first-order valence-electron chi connectivity index (χ1n) is 8.05. The zero-order chi connectivity index (χ0) is 15.5. The van der Waals surface area contributed by atoms with E-state index in [-0.39, 0.29) is 11.8 Å². The van der Waals surface area contributed by atoms with Crippen molar-refractivity contribution in [1.82, 2.24) is 0 Å². The molecule has 0 heterocycles. The molecule has 0 aliphatic rings. The lowest BCUT2D eigenvalue weighted by molar-refractivity contribution is -0.384. The number of nitrogens with zero attached hydrogens (tertiary/aromatic N) is 1. The largest absolute Gasteiger partial charge is 0.393 e. The molecule has 0 aliphatic heterocycles. The third-order valence-corrected chi connectivity index (χ3v) is 3.76. The number of aliphatic hydroxyl groups is 1. The number of rotatable bonds is 11. The lowest BCUT2D eigenvalue weighted by Crippen LogP contribution is -2.10. The van der Waals surface area contributed by atoms with Gasteiger partial charge in [0.2, 0.25) is 0 Å². The Morgan fingerprint density at radius 3 is 2.19 bits per heavy atom. The maximum Gasteiger partial charge on any atom is 0.269 e. The predicted molar refractivity (Wildman–Crippen MR) is 85.4 cm³/mol. The lowest BCUT2D eigenvalue weighted by atomic mass is 10.0. The van der Waals surface area contributed by atoms with Crippen LogP contribution < -0.4 is 0 Å². The highest BCUT2D eigenvalue weighted by Gasteiger charge is 2.08. The van der Waals surface area contributed by atoms with Crippen molar-refractivity contribution in [1.29, 1.82) is 0 Å². The third-order valence-electron chi connectivity index (χ3n) is 3.76. The Morgan fingerprint density at radius 2 is 1.62 bits per heavy atom. The van der Waals surface area contributed by atoms with Crippen LogP contribution in [-0.2, 0) is 6.42 Å². The molecular formula is C17H27NO3. The fourth-order valence-electron chi connectivity index (χ4n) is 2.46. The number of unbranched alkanes of at least 4 members (excludes halogenated alkanes) is 6. The van der Waals surface area contributed by atoms with E-state index in [1.54, 1.807) is 12.1 Å². The summed E-state index contributed by atoms with van der Waals surface area (Å²) >= 11 is 0. The van der Waals surface area contributed by atoms with Crippen LogP contribution in [0.3, 0.4) is 0 Å². The van der Waals surface area contributed by atoms with Gasteiger partial charge in [-0.2, -0.15) is 0 Å². The van der Waals surface area contributed by atoms with Gasteiger partial charge in [0.1, 0.15) is 0 Å². The Bertz CT molecular complexity index is 403. The second kappa shape index (κ2) is 10.3. The number of hydrogen-bond donors (Lipinski definition) is 1. The Morgan fingerprint density at radius 1 is 1.05 bits per heavy atom. The van der Waals surface area contributed by atoms with Crippen LogP contribution in [0.1, 0.15) is 63.9 Å². The summed E-state index contributed by atoms with van der Waals surface area (Å²) in [6.07, 6.45) is 9.75. The number of aliphatic hydroxyl groups excluding tert-OH is 1. The predicted octanol–water partition coefficient (Wildman–Crippen LogP) is 4.64. The second-order valence-corrected chi connectivity index (χ2v) is 5.69. The van der Waals surface area contributed by atoms with Gasteiger partial charge in [0, 0.05) is 12.1 Å². The number of hydrogen-bond acceptors (Lipinski definition) is 3. The SMILES string of the molecule is CCCCCCCCCC(O)Cc1ccc([N+](=O)[O-])cc1. The van der Waals surface area contributed by atoms with Crippen molar-refractivity contribution >= 4 is 5.69 Å². The first kappa shape index (κ1) is 17.6. The smallest absolute Gasteiger partial charge is 0.269 e. The summed E-state index contributed by atoms with van der Waals surface area (Å²) in [6.45, 7) is 2.22. The summed E-state index contributed by atoms with van der Waals surface area (Å²) in [7, 11) is 0. The molecule has 0 radical (unpaired) electrons. The van der Waals surface area contributed by atoms with Crippen molar-refractivity contribution in [2.75, 3.05) is 0 Å². The van der Waals surface area contributed by atoms with Crippen molar-refractivity contribution < 1.29 is 10.0 Å². The van der Waals surface area contributed by atoms with Gasteiger partial charge in [0.05, 0.1) is 11.0 Å². The summed E-state index contributed by atoms with van der Waals surface area (Å²) in [5, 5.41) is 20.5. The number of nitro groups is 1. The fourth-order valence-corrected chi connectivity index (χ4v) is 2.46. The Labute approximate surface area is 127 Å². The first-order valence-corrected chi connectivity index (χ1v) is 8.05. The molecule has 0 saturated heterocycles. The van der Waals surface area contributed by atoms with Gasteiger partial charge in [0.15, 0.2) is 0 Å². The van der Waals surface area contributed by atoms with Crippen LogP contribution in [-0.4, -0.2) is 16.1 Å². The molecule has 0 spiro atoms. The van der Waals surface area contributed by atoms with E-state index in [0.29, 0.717) is 6.42 Å². The minimum Gasteiger partial charge on any atom is -0.393 e. The monoisotopic (exact) mass is 293 g/mol. The van der Waals surface area contributed by atoms with Crippen molar-refractivity contribution in [2.24, 2.45) is 0 Å². The molecule has 4 heteroatoms. The molecule has 0 aliphatic carbocycles. The Hall–Kier alpha value is -1.42. The molecule has 0 aromatic heterocycles. The molecule has 0 saturated carbocycles. The average molecular weight is 293 g/mol. The minimum absolute atomic E-state index is 0.0975. The van der Waals surface area contributed by atoms with E-state index in [2.05, 4.69) is 6.92 Å². The van der Waals surface area contributed by atoms with E-state index in [9.17, 15) is 15.2 Å². The van der Waals surface area contributed by atoms with E-state index in [0.717, 1.165) is 18.4 Å². The summed E-state index contributed by atoms with van der Waals surface area (Å²) in [5.74, 6) is 0. The van der Waals surface area contributed by atoms with E-state index < -0.39 is 4.92 Å². The van der Waals surface area contributed by atoms with Crippen LogP contribution in [0.4, 0.5) is 5.69 Å². The van der Waals surface area contributed by atoms with E-state index >= 15 is 0 Å². The van der Waals surface area contributed by atoms with Gasteiger partial charge >= 0.3 is 0 Å². The fraction of sp³-hybridized carbons (Fsp3) is 0.647. The van der Waals surface area contributed by atoms with Gasteiger partial charge in [0.25, 0.3) is 5.69 Å². The molecule has 21 heavy (non-hydrogen) atoms. The van der Waals surface area contributed by atoms with Gasteiger partial charge in [-0.1, -0.05) is 64.0 Å². The molecule has 1 aromatic carbocycles. The minimum atomic E-state index is -0.404. The van der Waals surface area contributed by atoms with Crippen molar-refractivity contribution in [3.05, 3.63) is 39.9 Å². The normalized spacial score (nSPS) is 12.3. The molecule has 1 rings (SSSR count). The first-order chi connectivity index (χ1) is 10.1. The zero-order valence-corrected chi connectivity index (χ0v) is 13.0. The maximum atomic E-state index is 10.6. The molecule has 118 valence electrons. The van der Waals surface area contributed by atoms with Crippen LogP contribution in [0.15, 0.2) is 24.3 Å². The topological polar surface area (TPSA) is 63.4 Å². The Balaban J connectivity index is 2.15. The van der Waals surface area contributed by atoms with Crippen LogP contribution in [0.2, 0.25) is 0 Å². The lowest BCUT2D eigenvalue weighted by Gasteiger charge is -2.10. The highest BCUT2D eigenvalue weighted by atomic mass is 16.6. The van der Waals surface area contributed by atoms with E-state index in [4.69, 9.17) is 0 Å². The summed E-state index contributed by atoms with van der Waals surface area (Å²) in [5.41, 5.74) is 1.05. The quantitative estimate of drug-likeness (QED) is 0.367. The Kier molecular flexibility index (Phi) is 8.67. The molecular weight excluding hydrogens is 266 g/mol. The van der Waals surface area contributed by atoms with Gasteiger partial charge in [-0.3, -0.25) is 10.1 Å². The van der Waals surface area contributed by atoms with Crippen LogP contribution in [0, 0.1) is 10.1 Å². The van der Waals surface area contributed by atoms with Crippen LogP contribution >= 0.6 is 0 Å². The number of nitro benzene ring substituents is 1. The standard InChI is InChI=1S/C17H27NO3/c1-2-3-4-5-6-7-8-9-17(19)14-15-10-12-16(13-11-15)18(20)21/h10-13,17,19H,2-9,14H2,1H3. The molecule has 4 nitrogen and oxygen atoms in total. The molecule has 0 amide bonds. The summed E-state index contributed by atoms with van der Waals surface area (Å²) < 4.78 is 0. The molecule has 1 atom stereocenters. The molecule has 1 unspecified atom stereocenters. The third kappa shape index (κ3) is 7.81. The highest BCUT2D eigenvalue weighted by molar-refractivity contribution is 5.33. The highest BCUT2D eigenvalue weighted by Crippen LogP contribution is 2.15. The van der Waals surface area contributed by atoms with Crippen molar-refractivity contribution in [3.8, 4) is 0 Å². The van der Waals surface area contributed by atoms with Gasteiger partial charge in [-0.25, -0.2) is 0 Å². The molecule has 1 N–H and O–H groups in total. The number of benzene rings is 1. The van der Waals surface area contributed by atoms with Gasteiger partial charge in [-0.15, -0.1) is 0 Å². The van der Waals surface area contributed by atoms with Crippen LogP contribution in [0.5, 0.6) is 0 Å². The van der Waals surface area contributed by atoms with Gasteiger partial charge < -0.3 is 5.11 Å². The van der Waals surface area contributed by atoms with Crippen molar-refractivity contribution in [3.63, 3.8) is 0 Å². The van der Waals surface area contributed by atoms with E-state index in [1.807, 2.05) is 0 Å². The number of non-ortho nitro benzene ring substituents is 1. The maximum absolute atomic E-state index is 10.6. The molecule has 0 bridgehead atoms. The summed E-state index contributed by atoms with van der Waals surface area (Å²) in [6, 6.07) is 6.45. The average Bonchev–Trinajstić information content (AvgIpc) is 2.47. The second-order valence-electron chi connectivity index (χ2n) is 5.69. The van der Waals surface area contributed by atoms with Crippen molar-refractivity contribution in [2.45, 2.75) is 70.8 Å². The molecule has 1 aromatic rings. The van der Waals surface area contributed by atoms with E-state index in [1.165, 1.54) is 50.7 Å². The zero-order valence-electron chi connectivity index (χ0n) is 13.0. The van der Waals surface area contributed by atoms with Gasteiger partial charge in [-0.05, 0) is 18.4 Å². The van der Waals surface area contributed by atoms with Crippen LogP contribution in [0.25, 0.3) is 0 Å². The summed E-state index contributed by atoms with van der Waals surface area (Å²) in [4.78, 5) is 10.2.